The van der Waals surface area contributed by atoms with E-state index in [-0.39, 0.29) is 22.8 Å². The van der Waals surface area contributed by atoms with Crippen LogP contribution in [0.2, 0.25) is 5.02 Å². The summed E-state index contributed by atoms with van der Waals surface area (Å²) in [7, 11) is -1.21. The van der Waals surface area contributed by atoms with Crippen molar-refractivity contribution in [2.75, 3.05) is 31.4 Å². The molecule has 2 unspecified atom stereocenters. The lowest BCUT2D eigenvalue weighted by Crippen LogP contribution is -2.44. The summed E-state index contributed by atoms with van der Waals surface area (Å²) in [6.45, 7) is 0.681. The molecule has 1 fully saturated rings. The molecule has 2 atom stereocenters. The van der Waals surface area contributed by atoms with Crippen LogP contribution in [0.1, 0.15) is 17.2 Å². The molecule has 1 heterocycles. The van der Waals surface area contributed by atoms with Crippen molar-refractivity contribution in [1.82, 2.24) is 10.6 Å². The van der Waals surface area contributed by atoms with Crippen molar-refractivity contribution in [1.29, 1.82) is 0 Å². The van der Waals surface area contributed by atoms with Gasteiger partial charge in [-0.25, -0.2) is 8.42 Å². The quantitative estimate of drug-likeness (QED) is 0.609. The molecule has 0 radical (unpaired) electrons. The molecule has 8 heteroatoms. The van der Waals surface area contributed by atoms with E-state index >= 15 is 0 Å². The molecular weight excluding hydrogens is 354 g/mol. The van der Waals surface area contributed by atoms with Crippen LogP contribution in [-0.4, -0.2) is 51.8 Å². The van der Waals surface area contributed by atoms with Crippen molar-refractivity contribution in [2.45, 2.75) is 17.7 Å². The highest BCUT2D eigenvalue weighted by Gasteiger charge is 2.28. The number of hydrogen-bond acceptors (Lipinski definition) is 4. The SMILES string of the molecule is CN=C(NCC(SC)c1cccc(Cl)c1)NC1CCS(=O)(=O)C1. The number of nitrogens with one attached hydrogen (secondary N) is 2. The van der Waals surface area contributed by atoms with Crippen LogP contribution in [0.3, 0.4) is 0 Å². The zero-order valence-electron chi connectivity index (χ0n) is 13.3. The van der Waals surface area contributed by atoms with Crippen molar-refractivity contribution in [2.24, 2.45) is 4.99 Å². The third-order valence-corrected chi connectivity index (χ3v) is 6.77. The minimum absolute atomic E-state index is 0.0647. The molecule has 0 amide bonds. The maximum Gasteiger partial charge on any atom is 0.191 e. The van der Waals surface area contributed by atoms with Crippen LogP contribution in [0.25, 0.3) is 0 Å². The normalized spacial score (nSPS) is 21.9. The van der Waals surface area contributed by atoms with E-state index < -0.39 is 9.84 Å². The average Bonchev–Trinajstić information content (AvgIpc) is 2.85. The maximum absolute atomic E-state index is 11.5. The van der Waals surface area contributed by atoms with Crippen LogP contribution in [0, 0.1) is 0 Å². The summed E-state index contributed by atoms with van der Waals surface area (Å²) in [5, 5.41) is 7.42. The fraction of sp³-hybridized carbons (Fsp3) is 0.533. The molecule has 0 spiro atoms. The number of nitrogens with zero attached hydrogens (tertiary/aromatic N) is 1. The van der Waals surface area contributed by atoms with Gasteiger partial charge in [-0.2, -0.15) is 11.8 Å². The van der Waals surface area contributed by atoms with Crippen molar-refractivity contribution >= 4 is 39.2 Å². The van der Waals surface area contributed by atoms with E-state index in [1.54, 1.807) is 18.8 Å². The van der Waals surface area contributed by atoms with Gasteiger partial charge in [0.2, 0.25) is 0 Å². The molecule has 5 nitrogen and oxygen atoms in total. The zero-order chi connectivity index (χ0) is 16.9. The van der Waals surface area contributed by atoms with Gasteiger partial charge in [0.25, 0.3) is 0 Å². The fourth-order valence-electron chi connectivity index (χ4n) is 2.53. The molecule has 2 N–H and O–H groups in total. The van der Waals surface area contributed by atoms with Crippen LogP contribution >= 0.6 is 23.4 Å². The van der Waals surface area contributed by atoms with Crippen molar-refractivity contribution < 1.29 is 8.42 Å². The van der Waals surface area contributed by atoms with Crippen molar-refractivity contribution in [3.05, 3.63) is 34.9 Å². The molecule has 0 saturated carbocycles. The number of thioether (sulfide) groups is 1. The predicted molar refractivity (Wildman–Crippen MR) is 99.3 cm³/mol. The average molecular weight is 376 g/mol. The van der Waals surface area contributed by atoms with E-state index in [2.05, 4.69) is 21.7 Å². The summed E-state index contributed by atoms with van der Waals surface area (Å²) in [6.07, 6.45) is 2.68. The van der Waals surface area contributed by atoms with E-state index in [1.165, 1.54) is 0 Å². The Kier molecular flexibility index (Phi) is 6.61. The van der Waals surface area contributed by atoms with Crippen molar-refractivity contribution in [3.63, 3.8) is 0 Å². The van der Waals surface area contributed by atoms with Gasteiger partial charge >= 0.3 is 0 Å². The second kappa shape index (κ2) is 8.26. The lowest BCUT2D eigenvalue weighted by atomic mass is 10.1. The van der Waals surface area contributed by atoms with Gasteiger partial charge in [-0.3, -0.25) is 4.99 Å². The minimum atomic E-state index is -2.90. The van der Waals surface area contributed by atoms with Gasteiger partial charge in [-0.05, 0) is 30.4 Å². The highest BCUT2D eigenvalue weighted by atomic mass is 35.5. The summed E-state index contributed by atoms with van der Waals surface area (Å²) >= 11 is 7.78. The van der Waals surface area contributed by atoms with Gasteiger partial charge in [-0.1, -0.05) is 23.7 Å². The predicted octanol–water partition coefficient (Wildman–Crippen LogP) is 2.10. The topological polar surface area (TPSA) is 70.6 Å². The van der Waals surface area contributed by atoms with E-state index in [1.807, 2.05) is 24.5 Å². The monoisotopic (exact) mass is 375 g/mol. The van der Waals surface area contributed by atoms with E-state index in [4.69, 9.17) is 11.6 Å². The van der Waals surface area contributed by atoms with Crippen LogP contribution < -0.4 is 10.6 Å². The number of halogens is 1. The first-order valence-corrected chi connectivity index (χ1v) is 10.9. The van der Waals surface area contributed by atoms with Crippen LogP contribution in [0.5, 0.6) is 0 Å². The number of hydrogen-bond donors (Lipinski definition) is 2. The summed E-state index contributed by atoms with van der Waals surface area (Å²) in [6, 6.07) is 7.75. The van der Waals surface area contributed by atoms with Gasteiger partial charge in [0.15, 0.2) is 15.8 Å². The fourth-order valence-corrected chi connectivity index (χ4v) is 5.07. The molecule has 0 aliphatic carbocycles. The van der Waals surface area contributed by atoms with Crippen LogP contribution in [0.15, 0.2) is 29.3 Å². The van der Waals surface area contributed by atoms with Gasteiger partial charge in [0.1, 0.15) is 0 Å². The second-order valence-electron chi connectivity index (χ2n) is 5.48. The third kappa shape index (κ3) is 5.58. The summed E-state index contributed by atoms with van der Waals surface area (Å²) < 4.78 is 23.0. The van der Waals surface area contributed by atoms with Crippen LogP contribution in [0.4, 0.5) is 0 Å². The summed E-state index contributed by atoms with van der Waals surface area (Å²) in [5.41, 5.74) is 1.15. The first kappa shape index (κ1) is 18.4. The number of sulfone groups is 1. The Morgan fingerprint density at radius 3 is 2.87 bits per heavy atom. The van der Waals surface area contributed by atoms with E-state index in [0.29, 0.717) is 18.9 Å². The third-order valence-electron chi connectivity index (χ3n) is 3.76. The van der Waals surface area contributed by atoms with Gasteiger partial charge in [-0.15, -0.1) is 0 Å². The Balaban J connectivity index is 1.91. The molecule has 23 heavy (non-hydrogen) atoms. The molecule has 2 rings (SSSR count). The first-order chi connectivity index (χ1) is 10.9. The van der Waals surface area contributed by atoms with E-state index in [9.17, 15) is 8.42 Å². The van der Waals surface area contributed by atoms with Gasteiger partial charge in [0, 0.05) is 29.9 Å². The highest BCUT2D eigenvalue weighted by molar-refractivity contribution is 7.98. The summed E-state index contributed by atoms with van der Waals surface area (Å²) in [4.78, 5) is 4.18. The maximum atomic E-state index is 11.5. The molecule has 1 saturated heterocycles. The lowest BCUT2D eigenvalue weighted by Gasteiger charge is -2.20. The lowest BCUT2D eigenvalue weighted by molar-refractivity contribution is 0.599. The Bertz CT molecular complexity index is 664. The largest absolute Gasteiger partial charge is 0.355 e. The van der Waals surface area contributed by atoms with Crippen molar-refractivity contribution in [3.8, 4) is 0 Å². The van der Waals surface area contributed by atoms with Gasteiger partial charge in [0.05, 0.1) is 11.5 Å². The Labute approximate surface area is 147 Å². The number of aliphatic imine (C=N–C) groups is 1. The second-order valence-corrected chi connectivity index (χ2v) is 9.18. The molecule has 0 aromatic heterocycles. The Hall–Kier alpha value is -0.920. The molecule has 128 valence electrons. The molecular formula is C15H22ClN3O2S2. The minimum Gasteiger partial charge on any atom is -0.355 e. The molecule has 1 aliphatic rings. The van der Waals surface area contributed by atoms with Crippen LogP contribution in [-0.2, 0) is 9.84 Å². The molecule has 1 aliphatic heterocycles. The smallest absolute Gasteiger partial charge is 0.191 e. The highest BCUT2D eigenvalue weighted by Crippen LogP contribution is 2.27. The van der Waals surface area contributed by atoms with E-state index in [0.717, 1.165) is 10.6 Å². The molecule has 1 aromatic carbocycles. The number of guanidine groups is 1. The Morgan fingerprint density at radius 1 is 1.52 bits per heavy atom. The number of benzene rings is 1. The standard InChI is InChI=1S/C15H22ClN3O2S2/c1-17-15(19-13-6-7-23(20,21)10-13)18-9-14(22-2)11-4-3-5-12(16)8-11/h3-5,8,13-14H,6-7,9-10H2,1-2H3,(H2,17,18,19). The molecule has 1 aromatic rings. The Morgan fingerprint density at radius 2 is 2.30 bits per heavy atom. The first-order valence-electron chi connectivity index (χ1n) is 7.39. The van der Waals surface area contributed by atoms with Gasteiger partial charge < -0.3 is 10.6 Å². The number of rotatable bonds is 5. The zero-order valence-corrected chi connectivity index (χ0v) is 15.6. The molecule has 0 bridgehead atoms. The summed E-state index contributed by atoms with van der Waals surface area (Å²) in [5.74, 6) is 1.05.